The van der Waals surface area contributed by atoms with E-state index in [1.807, 2.05) is 57.2 Å². The van der Waals surface area contributed by atoms with Gasteiger partial charge in [0.1, 0.15) is 17.8 Å². The monoisotopic (exact) mass is 1570 g/mol. The van der Waals surface area contributed by atoms with E-state index in [0.717, 1.165) is 124 Å². The van der Waals surface area contributed by atoms with Crippen LogP contribution in [-0.2, 0) is 65.7 Å². The Labute approximate surface area is 672 Å². The second-order valence-corrected chi connectivity index (χ2v) is 42.9. The Hall–Kier alpha value is -5.71. The predicted octanol–water partition coefficient (Wildman–Crippen LogP) is 20.4. The first kappa shape index (κ1) is 86.2. The lowest BCUT2D eigenvalue weighted by Gasteiger charge is -2.72. The molecule has 16 atom stereocenters. The quantitative estimate of drug-likeness (QED) is 0.0825. The highest BCUT2D eigenvalue weighted by Gasteiger charge is 2.74. The Morgan fingerprint density at radius 1 is 0.495 bits per heavy atom. The summed E-state index contributed by atoms with van der Waals surface area (Å²) >= 11 is 12.3. The number of carbonyl (C=O) groups is 9. The highest BCUT2D eigenvalue weighted by atomic mass is 35.5. The number of ether oxygens (including phenoxy) is 3. The second kappa shape index (κ2) is 30.1. The smallest absolute Gasteiger partial charge is 0.410 e. The van der Waals surface area contributed by atoms with Gasteiger partial charge in [0.15, 0.2) is 23.1 Å². The average Bonchev–Trinajstić information content (AvgIpc) is 1.55. The number of hydrogen-bond acceptors (Lipinski definition) is 13. The minimum Gasteiger partial charge on any atom is -0.481 e. The van der Waals surface area contributed by atoms with E-state index < -0.39 is 57.2 Å². The van der Waals surface area contributed by atoms with Gasteiger partial charge in [0, 0.05) is 46.8 Å². The van der Waals surface area contributed by atoms with Crippen LogP contribution in [0.5, 0.6) is 0 Å². The van der Waals surface area contributed by atoms with Crippen molar-refractivity contribution in [3.63, 3.8) is 0 Å². The number of benzene rings is 2. The highest BCUT2D eigenvalue weighted by Crippen LogP contribution is 2.79. The normalized spacial score (nSPS) is 35.3. The molecule has 0 unspecified atom stereocenters. The molecule has 18 heteroatoms. The highest BCUT2D eigenvalue weighted by molar-refractivity contribution is 6.30. The fourth-order valence-corrected chi connectivity index (χ4v) is 26.6. The van der Waals surface area contributed by atoms with Gasteiger partial charge in [-0.2, -0.15) is 0 Å². The van der Waals surface area contributed by atoms with Crippen molar-refractivity contribution in [1.29, 1.82) is 0 Å². The molecule has 0 saturated heterocycles. The molecule has 12 rings (SSSR count). The van der Waals surface area contributed by atoms with E-state index in [1.54, 1.807) is 39.8 Å². The summed E-state index contributed by atoms with van der Waals surface area (Å²) in [6.45, 7) is 44.9. The lowest BCUT2D eigenvalue weighted by molar-refractivity contribution is -0.233. The summed E-state index contributed by atoms with van der Waals surface area (Å²) in [6, 6.07) is 14.9. The Bertz CT molecular complexity index is 4080. The third-order valence-corrected chi connectivity index (χ3v) is 33.0. The maximum atomic E-state index is 15.2. The van der Waals surface area contributed by atoms with Crippen molar-refractivity contribution in [2.75, 3.05) is 13.1 Å². The molecule has 8 saturated carbocycles. The Kier molecular flexibility index (Phi) is 23.4. The number of halogens is 2. The van der Waals surface area contributed by atoms with Gasteiger partial charge in [-0.25, -0.2) is 4.79 Å². The molecule has 0 heterocycles. The zero-order chi connectivity index (χ0) is 82.1. The Morgan fingerprint density at radius 2 is 0.883 bits per heavy atom. The van der Waals surface area contributed by atoms with Crippen molar-refractivity contribution >= 4 is 76.3 Å². The molecule has 10 aliphatic carbocycles. The third-order valence-electron chi connectivity index (χ3n) is 32.5. The Morgan fingerprint density at radius 3 is 1.26 bits per heavy atom. The Balaban J connectivity index is 0.000000222. The van der Waals surface area contributed by atoms with Crippen LogP contribution in [0.4, 0.5) is 4.79 Å². The SMILES string of the molecule is CC(C)C1=C2[C@H]3CC[C@@H]4[C@@]5(C)CC[C@H](OC(=O)CC(C)(C)C(=O)O)C(C)(C)[C@@H]5CC[C@@]4(C)[C@]3(C)CC[C@@]2(C(=O)CN(Cc2ccc(Cl)cc2)C(=O)OC(C)(C)C)CC1=O.CC(C)C1=C2[C@H]3CC[C@@H]4[C@@]5(C)CC[C@H](OC(=O)CC(C)(C)C(=O)O)C(C)(C)[C@@H]5CC[C@@]4(C)[C@]3(C)CC[C@@]2(C(=O)CNCc2ccc(Cl)cc2)CC1=O. The molecule has 10 aliphatic rings. The summed E-state index contributed by atoms with van der Waals surface area (Å²) in [5.41, 5.74) is 0.269. The maximum Gasteiger partial charge on any atom is 0.410 e. The van der Waals surface area contributed by atoms with E-state index in [9.17, 15) is 48.6 Å². The van der Waals surface area contributed by atoms with Crippen LogP contribution in [0.2, 0.25) is 10.0 Å². The first-order valence-corrected chi connectivity index (χ1v) is 42.7. The van der Waals surface area contributed by atoms with E-state index >= 15 is 4.79 Å². The van der Waals surface area contributed by atoms with E-state index in [1.165, 1.54) is 10.5 Å². The number of carbonyl (C=O) groups excluding carboxylic acids is 7. The van der Waals surface area contributed by atoms with Gasteiger partial charge in [0.2, 0.25) is 0 Å². The summed E-state index contributed by atoms with van der Waals surface area (Å²) in [6.07, 6.45) is 13.4. The second-order valence-electron chi connectivity index (χ2n) is 42.0. The molecule has 2 aromatic rings. The molecule has 111 heavy (non-hydrogen) atoms. The fourth-order valence-electron chi connectivity index (χ4n) is 26.3. The van der Waals surface area contributed by atoms with Crippen molar-refractivity contribution in [2.45, 2.75) is 305 Å². The molecule has 0 bridgehead atoms. The number of allylic oxidation sites excluding steroid dienone is 4. The molecule has 2 aromatic carbocycles. The number of rotatable bonds is 20. The molecule has 1 amide bonds. The minimum absolute atomic E-state index is 0.0194. The van der Waals surface area contributed by atoms with Crippen molar-refractivity contribution in [1.82, 2.24) is 10.2 Å². The van der Waals surface area contributed by atoms with Crippen LogP contribution in [0, 0.1) is 112 Å². The molecular weight excluding hydrogens is 1440 g/mol. The zero-order valence-electron chi connectivity index (χ0n) is 70.9. The number of amides is 1. The minimum atomic E-state index is -1.20. The fraction of sp³-hybridized carbons (Fsp3) is 0.731. The van der Waals surface area contributed by atoms with Crippen LogP contribution >= 0.6 is 23.2 Å². The number of hydrogen-bond donors (Lipinski definition) is 3. The topological polar surface area (TPSA) is 237 Å². The lowest BCUT2D eigenvalue weighted by atomic mass is 9.33. The number of nitrogens with one attached hydrogen (secondary N) is 1. The largest absolute Gasteiger partial charge is 0.481 e. The molecule has 8 fully saturated rings. The zero-order valence-corrected chi connectivity index (χ0v) is 72.4. The summed E-state index contributed by atoms with van der Waals surface area (Å²) in [7, 11) is 0. The van der Waals surface area contributed by atoms with Gasteiger partial charge in [-0.3, -0.25) is 43.3 Å². The van der Waals surface area contributed by atoms with Gasteiger partial charge in [-0.05, 0) is 289 Å². The molecule has 16 nitrogen and oxygen atoms in total. The molecule has 612 valence electrons. The van der Waals surface area contributed by atoms with Gasteiger partial charge >= 0.3 is 30.0 Å². The van der Waals surface area contributed by atoms with Crippen LogP contribution in [-0.4, -0.2) is 99.1 Å². The standard InChI is InChI=1S/C49H70ClNO8.C44H62ClNO6/c1-29(2)39-33(52)25-49(36(53)28-51(42(57)59-43(3,4)5)27-30-13-15-31(50)16-14-30)24-23-47(11)32(40(39)49)17-18-35-46(10)21-20-37(58-38(54)26-44(6,7)41(55)56)45(8,9)34(46)19-22-48(35,47)12;1-26(2)36-30(47)22-44(33(48)25-46-24-27-10-12-28(45)13-11-27)21-20-42(8)29(37(36)44)14-15-32-41(7)18-17-34(52-35(49)23-39(3,4)38(50)51)40(5,6)31(41)16-19-43(32,42)9/h13-16,29,32,34-35,37H,17-28H2,1-12H3,(H,55,56);10-13,26,29,31-32,34,46H,14-25H2,1-9H3,(H,50,51)/t32-,34+,35-,37+,46+,47-,48-,49+;29-,31+,32-,34+,41+,42-,43-,44+/m11/s1. The van der Waals surface area contributed by atoms with Crippen LogP contribution in [0.15, 0.2) is 70.8 Å². The summed E-state index contributed by atoms with van der Waals surface area (Å²) in [5.74, 6) is -0.786. The molecule has 0 spiro atoms. The average molecular weight is 1570 g/mol. The van der Waals surface area contributed by atoms with Crippen LogP contribution in [0.3, 0.4) is 0 Å². The van der Waals surface area contributed by atoms with Crippen LogP contribution in [0.1, 0.15) is 285 Å². The first-order valence-electron chi connectivity index (χ1n) is 41.9. The van der Waals surface area contributed by atoms with Crippen LogP contribution < -0.4 is 5.32 Å². The number of carboxylic acids is 2. The predicted molar refractivity (Wildman–Crippen MR) is 432 cm³/mol. The molecule has 0 aromatic heterocycles. The summed E-state index contributed by atoms with van der Waals surface area (Å²) < 4.78 is 18.2. The summed E-state index contributed by atoms with van der Waals surface area (Å²) in [5, 5.41) is 23.9. The maximum absolute atomic E-state index is 15.2. The number of Topliss-reactive ketones (excluding diaryl/α,β-unsaturated/α-hetero) is 4. The van der Waals surface area contributed by atoms with Crippen LogP contribution in [0.25, 0.3) is 0 Å². The number of carboxylic acid groups (broad SMARTS) is 2. The van der Waals surface area contributed by atoms with Gasteiger partial charge < -0.3 is 29.7 Å². The van der Waals surface area contributed by atoms with Crippen molar-refractivity contribution in [2.24, 2.45) is 112 Å². The van der Waals surface area contributed by atoms with Gasteiger partial charge in [0.25, 0.3) is 0 Å². The van der Waals surface area contributed by atoms with Crippen molar-refractivity contribution in [3.8, 4) is 0 Å². The van der Waals surface area contributed by atoms with E-state index in [-0.39, 0.29) is 141 Å². The number of ketones is 4. The number of aliphatic carboxylic acids is 2. The molecule has 3 N–H and O–H groups in total. The van der Waals surface area contributed by atoms with Gasteiger partial charge in [-0.1, -0.05) is 144 Å². The lowest BCUT2D eigenvalue weighted by Crippen LogP contribution is -2.66. The molecule has 0 radical (unpaired) electrons. The van der Waals surface area contributed by atoms with Crippen molar-refractivity contribution < 1.29 is 67.6 Å². The van der Waals surface area contributed by atoms with E-state index in [2.05, 4.69) is 102 Å². The van der Waals surface area contributed by atoms with Gasteiger partial charge in [-0.15, -0.1) is 0 Å². The third kappa shape index (κ3) is 14.8. The summed E-state index contributed by atoms with van der Waals surface area (Å²) in [4.78, 5) is 123. The number of nitrogens with zero attached hydrogens (tertiary/aromatic N) is 1. The molecular formula is C93H132Cl2N2O14. The van der Waals surface area contributed by atoms with E-state index in [0.29, 0.717) is 53.1 Å². The molecule has 0 aliphatic heterocycles. The van der Waals surface area contributed by atoms with E-state index in [4.69, 9.17) is 37.4 Å². The van der Waals surface area contributed by atoms with Gasteiger partial charge in [0.05, 0.1) is 47.6 Å². The van der Waals surface area contributed by atoms with Crippen molar-refractivity contribution in [3.05, 3.63) is 92.0 Å². The number of fused-ring (bicyclic) bond motifs is 14. The first-order chi connectivity index (χ1) is 51.3. The number of esters is 2.